The molecule has 0 saturated carbocycles. The monoisotopic (exact) mass is 370 g/mol. The zero-order chi connectivity index (χ0) is 19.1. The lowest BCUT2D eigenvalue weighted by Crippen LogP contribution is -2.27. The van der Waals surface area contributed by atoms with Crippen molar-refractivity contribution >= 4 is 20.9 Å². The van der Waals surface area contributed by atoms with Gasteiger partial charge in [-0.05, 0) is 68.0 Å². The van der Waals surface area contributed by atoms with Crippen molar-refractivity contribution in [3.05, 3.63) is 74.6 Å². The number of aromatic nitrogens is 1. The summed E-state index contributed by atoms with van der Waals surface area (Å²) < 4.78 is 27.8. The van der Waals surface area contributed by atoms with Gasteiger partial charge in [0.1, 0.15) is 0 Å². The Labute approximate surface area is 153 Å². The summed E-state index contributed by atoms with van der Waals surface area (Å²) in [6.07, 6.45) is 0. The molecule has 0 unspecified atom stereocenters. The summed E-state index contributed by atoms with van der Waals surface area (Å²) >= 11 is 0. The number of hydrogen-bond donors (Lipinski definition) is 2. The quantitative estimate of drug-likeness (QED) is 0.740. The Hall–Kier alpha value is -2.44. The highest BCUT2D eigenvalue weighted by Crippen LogP contribution is 2.19. The Morgan fingerprint density at radius 3 is 2.38 bits per heavy atom. The molecule has 1 aromatic heterocycles. The van der Waals surface area contributed by atoms with Crippen molar-refractivity contribution in [2.75, 3.05) is 0 Å². The molecule has 5 nitrogen and oxygen atoms in total. The number of sulfonamides is 1. The molecule has 0 atom stereocenters. The van der Waals surface area contributed by atoms with Crippen LogP contribution in [0.3, 0.4) is 0 Å². The van der Waals surface area contributed by atoms with Crippen molar-refractivity contribution in [3.8, 4) is 0 Å². The first-order valence-electron chi connectivity index (χ1n) is 8.37. The molecule has 0 saturated heterocycles. The van der Waals surface area contributed by atoms with Crippen molar-refractivity contribution in [1.29, 1.82) is 0 Å². The minimum Gasteiger partial charge on any atom is -0.321 e. The summed E-state index contributed by atoms with van der Waals surface area (Å²) in [7, 11) is -3.70. The minimum absolute atomic E-state index is 0.0615. The molecule has 26 heavy (non-hydrogen) atoms. The van der Waals surface area contributed by atoms with E-state index in [0.717, 1.165) is 27.6 Å². The van der Waals surface area contributed by atoms with Gasteiger partial charge < -0.3 is 4.98 Å². The summed E-state index contributed by atoms with van der Waals surface area (Å²) in [4.78, 5) is 15.5. The van der Waals surface area contributed by atoms with Gasteiger partial charge in [0.15, 0.2) is 0 Å². The van der Waals surface area contributed by atoms with Crippen LogP contribution in [0.1, 0.15) is 27.8 Å². The molecule has 1 heterocycles. The fraction of sp³-hybridized carbons (Fsp3) is 0.250. The van der Waals surface area contributed by atoms with Crippen LogP contribution in [0.25, 0.3) is 10.9 Å². The fourth-order valence-electron chi connectivity index (χ4n) is 3.11. The lowest BCUT2D eigenvalue weighted by atomic mass is 10.1. The lowest BCUT2D eigenvalue weighted by Gasteiger charge is -2.11. The molecule has 0 spiro atoms. The number of aryl methyl sites for hydroxylation is 4. The third-order valence-corrected chi connectivity index (χ3v) is 6.00. The molecule has 3 rings (SSSR count). The second-order valence-electron chi connectivity index (χ2n) is 6.76. The fourth-order valence-corrected chi connectivity index (χ4v) is 4.44. The van der Waals surface area contributed by atoms with Gasteiger partial charge in [-0.1, -0.05) is 23.8 Å². The molecule has 0 aliphatic carbocycles. The van der Waals surface area contributed by atoms with Crippen LogP contribution in [0.15, 0.2) is 46.1 Å². The first-order chi connectivity index (χ1) is 12.2. The van der Waals surface area contributed by atoms with Crippen LogP contribution in [0, 0.1) is 27.7 Å². The van der Waals surface area contributed by atoms with Gasteiger partial charge in [-0.3, -0.25) is 4.79 Å². The highest BCUT2D eigenvalue weighted by Gasteiger charge is 2.17. The molecule has 136 valence electrons. The summed E-state index contributed by atoms with van der Waals surface area (Å²) in [5.74, 6) is 0. The largest absolute Gasteiger partial charge is 0.321 e. The number of nitrogens with one attached hydrogen (secondary N) is 2. The molecular weight excluding hydrogens is 348 g/mol. The third kappa shape index (κ3) is 3.57. The second-order valence-corrected chi connectivity index (χ2v) is 8.50. The standard InChI is InChI=1S/C20H22N2O3S/c1-12-5-6-14(3)18(9-12)26(24,25)21-11-17-10-16-8-13(2)7-15(4)19(16)22-20(17)23/h5-10,21H,11H2,1-4H3,(H,22,23). The van der Waals surface area contributed by atoms with Gasteiger partial charge in [-0.25, -0.2) is 13.1 Å². The zero-order valence-electron chi connectivity index (χ0n) is 15.3. The first kappa shape index (κ1) is 18.4. The Bertz CT molecular complexity index is 1160. The van der Waals surface area contributed by atoms with Gasteiger partial charge in [-0.2, -0.15) is 0 Å². The van der Waals surface area contributed by atoms with Crippen LogP contribution >= 0.6 is 0 Å². The van der Waals surface area contributed by atoms with Crippen molar-refractivity contribution in [1.82, 2.24) is 9.71 Å². The lowest BCUT2D eigenvalue weighted by molar-refractivity contribution is 0.580. The highest BCUT2D eigenvalue weighted by atomic mass is 32.2. The van der Waals surface area contributed by atoms with Crippen molar-refractivity contribution in [2.24, 2.45) is 0 Å². The third-order valence-electron chi connectivity index (χ3n) is 4.46. The highest BCUT2D eigenvalue weighted by molar-refractivity contribution is 7.89. The van der Waals surface area contributed by atoms with E-state index in [-0.39, 0.29) is 17.0 Å². The normalized spacial score (nSPS) is 11.8. The first-order valence-corrected chi connectivity index (χ1v) is 9.86. The zero-order valence-corrected chi connectivity index (χ0v) is 16.1. The summed E-state index contributed by atoms with van der Waals surface area (Å²) in [6.45, 7) is 7.46. The Morgan fingerprint density at radius 2 is 1.65 bits per heavy atom. The Balaban J connectivity index is 1.95. The van der Waals surface area contributed by atoms with E-state index in [9.17, 15) is 13.2 Å². The molecule has 3 aromatic rings. The maximum absolute atomic E-state index is 12.6. The smallest absolute Gasteiger partial charge is 0.252 e. The van der Waals surface area contributed by atoms with Crippen molar-refractivity contribution in [2.45, 2.75) is 39.1 Å². The molecule has 0 aliphatic rings. The van der Waals surface area contributed by atoms with E-state index in [1.807, 2.05) is 39.0 Å². The van der Waals surface area contributed by atoms with Gasteiger partial charge in [0.25, 0.3) is 5.56 Å². The van der Waals surface area contributed by atoms with E-state index in [0.29, 0.717) is 11.1 Å². The van der Waals surface area contributed by atoms with Crippen LogP contribution in [0.5, 0.6) is 0 Å². The molecule has 6 heteroatoms. The summed E-state index contributed by atoms with van der Waals surface area (Å²) in [5.41, 5.74) is 4.49. The van der Waals surface area contributed by atoms with Gasteiger partial charge in [0.2, 0.25) is 10.0 Å². The number of fused-ring (bicyclic) bond motifs is 1. The molecule has 0 radical (unpaired) electrons. The molecule has 0 bridgehead atoms. The van der Waals surface area contributed by atoms with Gasteiger partial charge in [0, 0.05) is 12.1 Å². The van der Waals surface area contributed by atoms with E-state index >= 15 is 0 Å². The van der Waals surface area contributed by atoms with Crippen LogP contribution < -0.4 is 10.3 Å². The number of pyridine rings is 1. The van der Waals surface area contributed by atoms with E-state index in [2.05, 4.69) is 9.71 Å². The predicted octanol–water partition coefficient (Wildman–Crippen LogP) is 3.24. The second kappa shape index (κ2) is 6.70. The molecule has 0 fully saturated rings. The van der Waals surface area contributed by atoms with Crippen molar-refractivity contribution in [3.63, 3.8) is 0 Å². The summed E-state index contributed by atoms with van der Waals surface area (Å²) in [6, 6.07) is 11.0. The Morgan fingerprint density at radius 1 is 0.923 bits per heavy atom. The van der Waals surface area contributed by atoms with Gasteiger partial charge >= 0.3 is 0 Å². The number of hydrogen-bond acceptors (Lipinski definition) is 3. The Kier molecular flexibility index (Phi) is 4.73. The van der Waals surface area contributed by atoms with E-state index in [1.54, 1.807) is 25.1 Å². The van der Waals surface area contributed by atoms with Gasteiger partial charge in [0.05, 0.1) is 10.4 Å². The molecule has 2 aromatic carbocycles. The van der Waals surface area contributed by atoms with Crippen LogP contribution in [0.2, 0.25) is 0 Å². The topological polar surface area (TPSA) is 79.0 Å². The number of H-pyrrole nitrogens is 1. The van der Waals surface area contributed by atoms with Crippen molar-refractivity contribution < 1.29 is 8.42 Å². The van der Waals surface area contributed by atoms with Crippen LogP contribution in [-0.2, 0) is 16.6 Å². The SMILES string of the molecule is Cc1ccc(C)c(S(=O)(=O)NCc2cc3cc(C)cc(C)c3[nH]c2=O)c1. The van der Waals surface area contributed by atoms with E-state index in [1.165, 1.54) is 0 Å². The predicted molar refractivity (Wildman–Crippen MR) is 104 cm³/mol. The molecule has 0 aliphatic heterocycles. The number of aromatic amines is 1. The maximum atomic E-state index is 12.6. The molecular formula is C20H22N2O3S. The van der Waals surface area contributed by atoms with Gasteiger partial charge in [-0.15, -0.1) is 0 Å². The average molecular weight is 370 g/mol. The summed E-state index contributed by atoms with van der Waals surface area (Å²) in [5, 5.41) is 0.892. The average Bonchev–Trinajstić information content (AvgIpc) is 2.56. The van der Waals surface area contributed by atoms with Crippen LogP contribution in [-0.4, -0.2) is 13.4 Å². The number of benzene rings is 2. The number of rotatable bonds is 4. The molecule has 0 amide bonds. The minimum atomic E-state index is -3.70. The van der Waals surface area contributed by atoms with Crippen LogP contribution in [0.4, 0.5) is 0 Å². The van der Waals surface area contributed by atoms with E-state index < -0.39 is 10.0 Å². The van der Waals surface area contributed by atoms with E-state index in [4.69, 9.17) is 0 Å². The maximum Gasteiger partial charge on any atom is 0.252 e. The molecule has 2 N–H and O–H groups in total.